The van der Waals surface area contributed by atoms with Crippen molar-refractivity contribution >= 4 is 0 Å². The lowest BCUT2D eigenvalue weighted by atomic mass is 9.86. The van der Waals surface area contributed by atoms with Gasteiger partial charge in [0.05, 0.1) is 6.10 Å². The van der Waals surface area contributed by atoms with Gasteiger partial charge in [0.1, 0.15) is 0 Å². The minimum atomic E-state index is -0.270. The number of aliphatic hydroxyl groups is 1. The summed E-state index contributed by atoms with van der Waals surface area (Å²) in [6.07, 6.45) is 0.581. The molecule has 0 fully saturated rings. The fourth-order valence-electron chi connectivity index (χ4n) is 2.54. The highest BCUT2D eigenvalue weighted by Crippen LogP contribution is 2.45. The molecule has 15 heavy (non-hydrogen) atoms. The molecular weight excluding hydrogens is 184 g/mol. The molecule has 0 bridgehead atoms. The van der Waals surface area contributed by atoms with Crippen molar-refractivity contribution in [1.29, 1.82) is 0 Å². The van der Waals surface area contributed by atoms with Gasteiger partial charge in [-0.15, -0.1) is 0 Å². The van der Waals surface area contributed by atoms with E-state index >= 15 is 0 Å². The smallest absolute Gasteiger partial charge is 0.0801 e. The van der Waals surface area contributed by atoms with E-state index in [-0.39, 0.29) is 11.5 Å². The second-order valence-electron chi connectivity index (χ2n) is 5.61. The molecule has 0 radical (unpaired) electrons. The van der Waals surface area contributed by atoms with Crippen LogP contribution in [-0.4, -0.2) is 5.11 Å². The third-order valence-corrected chi connectivity index (χ3v) is 3.53. The van der Waals surface area contributed by atoms with Gasteiger partial charge in [-0.05, 0) is 34.4 Å². The SMILES string of the molecule is CC(C)c1ccc2c(c1)[C@@H](O)CC2(C)C. The zero-order valence-corrected chi connectivity index (χ0v) is 10.0. The zero-order chi connectivity index (χ0) is 11.2. The lowest BCUT2D eigenvalue weighted by Crippen LogP contribution is -2.12. The standard InChI is InChI=1S/C14H20O/c1-9(2)10-5-6-12-11(7-10)13(15)8-14(12,3)4/h5-7,9,13,15H,8H2,1-4H3/t13-/m0/s1. The molecule has 0 saturated heterocycles. The van der Waals surface area contributed by atoms with Crippen LogP contribution in [0.25, 0.3) is 0 Å². The van der Waals surface area contributed by atoms with Crippen molar-refractivity contribution < 1.29 is 5.11 Å². The molecule has 1 aliphatic carbocycles. The summed E-state index contributed by atoms with van der Waals surface area (Å²) in [5.41, 5.74) is 3.92. The maximum Gasteiger partial charge on any atom is 0.0801 e. The molecule has 0 saturated carbocycles. The number of hydrogen-bond donors (Lipinski definition) is 1. The highest BCUT2D eigenvalue weighted by molar-refractivity contribution is 5.43. The minimum Gasteiger partial charge on any atom is -0.388 e. The maximum atomic E-state index is 10.0. The fraction of sp³-hybridized carbons (Fsp3) is 0.571. The Morgan fingerprint density at radius 2 is 2.00 bits per heavy atom. The van der Waals surface area contributed by atoms with Crippen LogP contribution in [0.1, 0.15) is 62.8 Å². The molecule has 1 heteroatoms. The van der Waals surface area contributed by atoms with Crippen LogP contribution in [0.3, 0.4) is 0 Å². The predicted molar refractivity (Wildman–Crippen MR) is 63.1 cm³/mol. The van der Waals surface area contributed by atoms with Gasteiger partial charge in [0.2, 0.25) is 0 Å². The monoisotopic (exact) mass is 204 g/mol. The highest BCUT2D eigenvalue weighted by Gasteiger charge is 2.35. The minimum absolute atomic E-state index is 0.129. The van der Waals surface area contributed by atoms with Gasteiger partial charge >= 0.3 is 0 Å². The van der Waals surface area contributed by atoms with Gasteiger partial charge in [-0.2, -0.15) is 0 Å². The summed E-state index contributed by atoms with van der Waals surface area (Å²) in [6, 6.07) is 6.57. The van der Waals surface area contributed by atoms with Crippen LogP contribution < -0.4 is 0 Å². The summed E-state index contributed by atoms with van der Waals surface area (Å²) in [6.45, 7) is 8.79. The Bertz CT molecular complexity index is 377. The van der Waals surface area contributed by atoms with Crippen LogP contribution in [-0.2, 0) is 5.41 Å². The molecule has 1 N–H and O–H groups in total. The van der Waals surface area contributed by atoms with E-state index in [1.54, 1.807) is 0 Å². The number of benzene rings is 1. The molecule has 0 aliphatic heterocycles. The molecule has 0 heterocycles. The largest absolute Gasteiger partial charge is 0.388 e. The van der Waals surface area contributed by atoms with Crippen molar-refractivity contribution in [3.8, 4) is 0 Å². The van der Waals surface area contributed by atoms with Crippen LogP contribution in [0.2, 0.25) is 0 Å². The Morgan fingerprint density at radius 1 is 1.33 bits per heavy atom. The van der Waals surface area contributed by atoms with Gasteiger partial charge in [0, 0.05) is 0 Å². The lowest BCUT2D eigenvalue weighted by molar-refractivity contribution is 0.161. The molecule has 1 nitrogen and oxygen atoms in total. The van der Waals surface area contributed by atoms with Crippen molar-refractivity contribution in [1.82, 2.24) is 0 Å². The fourth-order valence-corrected chi connectivity index (χ4v) is 2.54. The third-order valence-electron chi connectivity index (χ3n) is 3.53. The molecule has 0 aromatic heterocycles. The molecule has 0 unspecified atom stereocenters. The first-order chi connectivity index (χ1) is 6.92. The van der Waals surface area contributed by atoms with Crippen molar-refractivity contribution in [2.24, 2.45) is 0 Å². The molecule has 2 rings (SSSR count). The van der Waals surface area contributed by atoms with Crippen LogP contribution in [0, 0.1) is 0 Å². The summed E-state index contributed by atoms with van der Waals surface area (Å²) in [5, 5.41) is 10.0. The number of fused-ring (bicyclic) bond motifs is 1. The van der Waals surface area contributed by atoms with E-state index in [1.165, 1.54) is 11.1 Å². The summed E-state index contributed by atoms with van der Waals surface area (Å²) in [7, 11) is 0. The topological polar surface area (TPSA) is 20.2 Å². The first-order valence-electron chi connectivity index (χ1n) is 5.74. The Kier molecular flexibility index (Phi) is 2.38. The van der Waals surface area contributed by atoms with Gasteiger partial charge in [-0.3, -0.25) is 0 Å². The Labute approximate surface area is 92.1 Å². The second-order valence-corrected chi connectivity index (χ2v) is 5.61. The average molecular weight is 204 g/mol. The van der Waals surface area contributed by atoms with E-state index < -0.39 is 0 Å². The van der Waals surface area contributed by atoms with Crippen LogP contribution in [0.15, 0.2) is 18.2 Å². The van der Waals surface area contributed by atoms with Crippen molar-refractivity contribution in [2.75, 3.05) is 0 Å². The molecule has 82 valence electrons. The molecule has 0 spiro atoms. The number of hydrogen-bond acceptors (Lipinski definition) is 1. The van der Waals surface area contributed by atoms with Gasteiger partial charge in [-0.1, -0.05) is 45.9 Å². The van der Waals surface area contributed by atoms with Gasteiger partial charge in [0.25, 0.3) is 0 Å². The highest BCUT2D eigenvalue weighted by atomic mass is 16.3. The first-order valence-corrected chi connectivity index (χ1v) is 5.74. The van der Waals surface area contributed by atoms with E-state index in [9.17, 15) is 5.11 Å². The number of aliphatic hydroxyl groups excluding tert-OH is 1. The molecule has 1 aliphatic rings. The quantitative estimate of drug-likeness (QED) is 0.742. The van der Waals surface area contributed by atoms with Crippen molar-refractivity contribution in [3.63, 3.8) is 0 Å². The average Bonchev–Trinajstić information content (AvgIpc) is 2.37. The lowest BCUT2D eigenvalue weighted by Gasteiger charge is -2.19. The van der Waals surface area contributed by atoms with E-state index in [4.69, 9.17) is 0 Å². The number of rotatable bonds is 1. The second kappa shape index (κ2) is 3.34. The summed E-state index contributed by atoms with van der Waals surface area (Å²) in [5.74, 6) is 0.534. The van der Waals surface area contributed by atoms with E-state index in [0.717, 1.165) is 12.0 Å². The summed E-state index contributed by atoms with van der Waals surface area (Å²) in [4.78, 5) is 0. The molecular formula is C14H20O. The van der Waals surface area contributed by atoms with E-state index in [1.807, 2.05) is 0 Å². The zero-order valence-electron chi connectivity index (χ0n) is 10.0. The van der Waals surface area contributed by atoms with Crippen LogP contribution in [0.4, 0.5) is 0 Å². The molecule has 1 atom stereocenters. The Balaban J connectivity index is 2.51. The first kappa shape index (κ1) is 10.7. The predicted octanol–water partition coefficient (Wildman–Crippen LogP) is 3.52. The molecule has 1 aromatic carbocycles. The Hall–Kier alpha value is -0.820. The van der Waals surface area contributed by atoms with Crippen LogP contribution in [0.5, 0.6) is 0 Å². The molecule has 0 amide bonds. The van der Waals surface area contributed by atoms with Crippen molar-refractivity contribution in [3.05, 3.63) is 34.9 Å². The normalized spacial score (nSPS) is 23.2. The Morgan fingerprint density at radius 3 is 2.60 bits per heavy atom. The van der Waals surface area contributed by atoms with Gasteiger partial charge < -0.3 is 5.11 Å². The third kappa shape index (κ3) is 1.69. The summed E-state index contributed by atoms with van der Waals surface area (Å²) < 4.78 is 0. The van der Waals surface area contributed by atoms with E-state index in [0.29, 0.717) is 5.92 Å². The maximum absolute atomic E-state index is 10.0. The van der Waals surface area contributed by atoms with E-state index in [2.05, 4.69) is 45.9 Å². The van der Waals surface area contributed by atoms with Gasteiger partial charge in [-0.25, -0.2) is 0 Å². The van der Waals surface area contributed by atoms with Crippen LogP contribution >= 0.6 is 0 Å². The molecule has 1 aromatic rings. The van der Waals surface area contributed by atoms with Crippen molar-refractivity contribution in [2.45, 2.75) is 51.6 Å². The summed E-state index contributed by atoms with van der Waals surface area (Å²) >= 11 is 0. The van der Waals surface area contributed by atoms with Gasteiger partial charge in [0.15, 0.2) is 0 Å².